The SMILES string of the molecule is CCC(C(=O)N1CCN(CCC2C/C=C/C(=O)OC/C=C/2C)CC1)c1cnc(N(N)/C=N\N)cc1C. The number of aromatic nitrogens is 1. The summed E-state index contributed by atoms with van der Waals surface area (Å²) in [5.74, 6) is 11.6. The molecular weight excluding hydrogens is 458 g/mol. The van der Waals surface area contributed by atoms with Crippen molar-refractivity contribution < 1.29 is 14.3 Å². The minimum absolute atomic E-state index is 0.146. The van der Waals surface area contributed by atoms with Crippen LogP contribution in [0.1, 0.15) is 50.2 Å². The second-order valence-electron chi connectivity index (χ2n) is 9.40. The molecule has 4 N–H and O–H groups in total. The molecule has 0 radical (unpaired) electrons. The number of cyclic esters (lactones) is 1. The van der Waals surface area contributed by atoms with Gasteiger partial charge < -0.3 is 15.5 Å². The van der Waals surface area contributed by atoms with E-state index in [2.05, 4.69) is 21.9 Å². The van der Waals surface area contributed by atoms with Gasteiger partial charge in [-0.15, -0.1) is 0 Å². The minimum Gasteiger partial charge on any atom is -0.458 e. The molecule has 2 atom stereocenters. The average Bonchev–Trinajstić information content (AvgIpc) is 2.94. The third-order valence-electron chi connectivity index (χ3n) is 7.10. The number of hydrogen-bond donors (Lipinski definition) is 2. The maximum Gasteiger partial charge on any atom is 0.330 e. The summed E-state index contributed by atoms with van der Waals surface area (Å²) in [5, 5.41) is 4.66. The van der Waals surface area contributed by atoms with E-state index in [0.29, 0.717) is 37.9 Å². The van der Waals surface area contributed by atoms with Crippen molar-refractivity contribution in [2.24, 2.45) is 22.7 Å². The molecule has 0 aliphatic carbocycles. The number of hydrazone groups is 1. The number of nitrogens with two attached hydrogens (primary N) is 2. The van der Waals surface area contributed by atoms with Crippen LogP contribution in [0, 0.1) is 12.8 Å². The van der Waals surface area contributed by atoms with E-state index in [1.807, 2.05) is 37.0 Å². The summed E-state index contributed by atoms with van der Waals surface area (Å²) in [5.41, 5.74) is 3.14. The Bertz CT molecular complexity index is 999. The fourth-order valence-corrected chi connectivity index (χ4v) is 4.80. The van der Waals surface area contributed by atoms with E-state index in [-0.39, 0.29) is 17.8 Å². The molecule has 0 spiro atoms. The van der Waals surface area contributed by atoms with Crippen molar-refractivity contribution in [2.45, 2.75) is 46.0 Å². The second kappa shape index (κ2) is 13.2. The predicted molar refractivity (Wildman–Crippen MR) is 141 cm³/mol. The molecular formula is C26H39N7O3. The number of hydrogen-bond acceptors (Lipinski definition) is 8. The summed E-state index contributed by atoms with van der Waals surface area (Å²) in [6.45, 7) is 10.5. The number of amides is 1. The van der Waals surface area contributed by atoms with E-state index >= 15 is 0 Å². The number of piperazine rings is 1. The lowest BCUT2D eigenvalue weighted by molar-refractivity contribution is -0.136. The van der Waals surface area contributed by atoms with Crippen LogP contribution in [0.15, 0.2) is 41.2 Å². The number of ether oxygens (including phenoxy) is 1. The molecule has 0 saturated carbocycles. The molecule has 2 aliphatic rings. The summed E-state index contributed by atoms with van der Waals surface area (Å²) in [4.78, 5) is 33.8. The van der Waals surface area contributed by atoms with Gasteiger partial charge in [0.05, 0.1) is 5.92 Å². The quantitative estimate of drug-likeness (QED) is 0.139. The Balaban J connectivity index is 1.55. The molecule has 0 aromatic carbocycles. The Labute approximate surface area is 213 Å². The highest BCUT2D eigenvalue weighted by Crippen LogP contribution is 2.27. The fraction of sp³-hybridized carbons (Fsp3) is 0.538. The first-order chi connectivity index (χ1) is 17.3. The smallest absolute Gasteiger partial charge is 0.330 e. The maximum atomic E-state index is 13.4. The normalized spacial score (nSPS) is 22.7. The number of pyridine rings is 1. The van der Waals surface area contributed by atoms with Gasteiger partial charge in [0, 0.05) is 38.5 Å². The highest BCUT2D eigenvalue weighted by atomic mass is 16.5. The van der Waals surface area contributed by atoms with Gasteiger partial charge in [0.2, 0.25) is 5.91 Å². The van der Waals surface area contributed by atoms with Crippen molar-refractivity contribution >= 4 is 24.0 Å². The topological polar surface area (TPSA) is 130 Å². The van der Waals surface area contributed by atoms with E-state index in [1.54, 1.807) is 6.20 Å². The number of aryl methyl sites for hydroxylation is 1. The first-order valence-electron chi connectivity index (χ1n) is 12.6. The summed E-state index contributed by atoms with van der Waals surface area (Å²) in [6, 6.07) is 1.84. The summed E-state index contributed by atoms with van der Waals surface area (Å²) >= 11 is 0. The highest BCUT2D eigenvalue weighted by Gasteiger charge is 2.29. The monoisotopic (exact) mass is 497 g/mol. The van der Waals surface area contributed by atoms with Gasteiger partial charge in [0.15, 0.2) is 0 Å². The van der Waals surface area contributed by atoms with Crippen molar-refractivity contribution in [1.29, 1.82) is 0 Å². The van der Waals surface area contributed by atoms with Crippen LogP contribution in [0.3, 0.4) is 0 Å². The lowest BCUT2D eigenvalue weighted by atomic mass is 9.92. The van der Waals surface area contributed by atoms with Gasteiger partial charge in [0.1, 0.15) is 18.8 Å². The molecule has 3 heterocycles. The molecule has 1 aromatic heterocycles. The third kappa shape index (κ3) is 7.14. The van der Waals surface area contributed by atoms with Crippen molar-refractivity contribution in [3.05, 3.63) is 47.2 Å². The zero-order chi connectivity index (χ0) is 26.1. The maximum absolute atomic E-state index is 13.4. The van der Waals surface area contributed by atoms with E-state index in [1.165, 1.54) is 23.0 Å². The van der Waals surface area contributed by atoms with Crippen LogP contribution in [-0.2, 0) is 14.3 Å². The molecule has 2 unspecified atom stereocenters. The zero-order valence-corrected chi connectivity index (χ0v) is 21.6. The molecule has 1 aromatic rings. The Morgan fingerprint density at radius 1 is 1.33 bits per heavy atom. The van der Waals surface area contributed by atoms with Crippen molar-refractivity contribution in [1.82, 2.24) is 14.8 Å². The first-order valence-corrected chi connectivity index (χ1v) is 12.6. The summed E-state index contributed by atoms with van der Waals surface area (Å²) in [7, 11) is 0. The van der Waals surface area contributed by atoms with Crippen molar-refractivity contribution in [3.63, 3.8) is 0 Å². The zero-order valence-electron chi connectivity index (χ0n) is 21.6. The number of anilines is 1. The number of nitrogens with zero attached hydrogens (tertiary/aromatic N) is 5. The van der Waals surface area contributed by atoms with Gasteiger partial charge in [-0.05, 0) is 68.8 Å². The number of esters is 1. The lowest BCUT2D eigenvalue weighted by Crippen LogP contribution is -2.50. The molecule has 1 amide bonds. The molecule has 10 heteroatoms. The predicted octanol–water partition coefficient (Wildman–Crippen LogP) is 2.07. The van der Waals surface area contributed by atoms with E-state index < -0.39 is 0 Å². The van der Waals surface area contributed by atoms with E-state index in [4.69, 9.17) is 16.4 Å². The number of carbonyl (C=O) groups excluding carboxylic acids is 2. The van der Waals surface area contributed by atoms with E-state index in [0.717, 1.165) is 43.6 Å². The highest BCUT2D eigenvalue weighted by molar-refractivity contribution is 5.84. The van der Waals surface area contributed by atoms with Gasteiger partial charge in [0.25, 0.3) is 0 Å². The van der Waals surface area contributed by atoms with Crippen LogP contribution in [0.4, 0.5) is 5.82 Å². The largest absolute Gasteiger partial charge is 0.458 e. The molecule has 1 fully saturated rings. The van der Waals surface area contributed by atoms with Gasteiger partial charge in [-0.3, -0.25) is 9.69 Å². The van der Waals surface area contributed by atoms with Gasteiger partial charge in [-0.2, -0.15) is 5.10 Å². The fourth-order valence-electron chi connectivity index (χ4n) is 4.80. The molecule has 3 rings (SSSR count). The summed E-state index contributed by atoms with van der Waals surface area (Å²) in [6.07, 6.45) is 11.0. The average molecular weight is 498 g/mol. The Hall–Kier alpha value is -3.24. The Morgan fingerprint density at radius 2 is 2.08 bits per heavy atom. The standard InChI is InChI=1S/C26H39N7O3/c1-4-22(23-17-29-24(16-20(23)3)33(28)18-30-27)26(35)32-13-11-31(12-14-32)10-8-21-6-5-7-25(34)36-15-9-19(21)2/h5,7,9,16-18,21-22H,4,6,8,10-15,27-28H2,1-3H3/b7-5+,19-9+,30-18-. The molecule has 10 nitrogen and oxygen atoms in total. The minimum atomic E-state index is -0.282. The number of allylic oxidation sites excluding steroid dienone is 2. The van der Waals surface area contributed by atoms with Crippen LogP contribution in [0.5, 0.6) is 0 Å². The van der Waals surface area contributed by atoms with Crippen molar-refractivity contribution in [3.8, 4) is 0 Å². The summed E-state index contributed by atoms with van der Waals surface area (Å²) < 4.78 is 5.13. The molecule has 0 bridgehead atoms. The van der Waals surface area contributed by atoms with Gasteiger partial charge >= 0.3 is 5.97 Å². The van der Waals surface area contributed by atoms with Crippen LogP contribution < -0.4 is 16.7 Å². The Kier molecular flexibility index (Phi) is 10.0. The Morgan fingerprint density at radius 3 is 2.75 bits per heavy atom. The molecule has 2 aliphatic heterocycles. The number of carbonyl (C=O) groups is 2. The van der Waals surface area contributed by atoms with Crippen molar-refractivity contribution in [2.75, 3.05) is 44.3 Å². The van der Waals surface area contributed by atoms with Crippen LogP contribution in [0.25, 0.3) is 0 Å². The molecule has 1 saturated heterocycles. The molecule has 196 valence electrons. The first kappa shape index (κ1) is 27.3. The van der Waals surface area contributed by atoms with E-state index in [9.17, 15) is 9.59 Å². The van der Waals surface area contributed by atoms with Crippen LogP contribution >= 0.6 is 0 Å². The lowest BCUT2D eigenvalue weighted by Gasteiger charge is -2.37. The molecule has 36 heavy (non-hydrogen) atoms. The number of rotatable bonds is 8. The second-order valence-corrected chi connectivity index (χ2v) is 9.40. The van der Waals surface area contributed by atoms with Crippen LogP contribution in [-0.4, -0.2) is 72.3 Å². The third-order valence-corrected chi connectivity index (χ3v) is 7.10. The van der Waals surface area contributed by atoms with Crippen LogP contribution in [0.2, 0.25) is 0 Å². The number of hydrazine groups is 1. The van der Waals surface area contributed by atoms with Gasteiger partial charge in [-0.1, -0.05) is 18.6 Å². The van der Waals surface area contributed by atoms with Gasteiger partial charge in [-0.25, -0.2) is 20.6 Å².